The van der Waals surface area contributed by atoms with E-state index in [0.717, 1.165) is 36.1 Å². The van der Waals surface area contributed by atoms with Gasteiger partial charge in [0.2, 0.25) is 0 Å². The van der Waals surface area contributed by atoms with Crippen molar-refractivity contribution < 1.29 is 4.74 Å². The van der Waals surface area contributed by atoms with Gasteiger partial charge in [-0.3, -0.25) is 5.32 Å². The molecule has 0 spiro atoms. The molecule has 0 radical (unpaired) electrons. The Labute approximate surface area is 133 Å². The molecule has 1 aromatic heterocycles. The average molecular weight is 316 g/mol. The molecule has 5 nitrogen and oxygen atoms in total. The van der Waals surface area contributed by atoms with Crippen LogP contribution in [0, 0.1) is 0 Å². The monoisotopic (exact) mass is 316 g/mol. The minimum atomic E-state index is 0.547. The normalized spacial score (nSPS) is 29.9. The first-order valence-corrected chi connectivity index (χ1v) is 8.89. The second kappa shape index (κ2) is 4.81. The summed E-state index contributed by atoms with van der Waals surface area (Å²) in [7, 11) is 2.07. The fraction of sp³-hybridized carbons (Fsp3) is 0.562. The Kier molecular flexibility index (Phi) is 2.87. The Balaban J connectivity index is 1.53. The summed E-state index contributed by atoms with van der Waals surface area (Å²) in [5.41, 5.74) is 2.45. The minimum Gasteiger partial charge on any atom is -0.493 e. The van der Waals surface area contributed by atoms with Crippen molar-refractivity contribution in [2.75, 3.05) is 25.2 Å². The zero-order valence-electron chi connectivity index (χ0n) is 12.6. The van der Waals surface area contributed by atoms with Crippen LogP contribution in [0.1, 0.15) is 18.4 Å². The molecule has 3 atom stereocenters. The van der Waals surface area contributed by atoms with Gasteiger partial charge < -0.3 is 15.0 Å². The molecule has 3 aliphatic rings. The molecule has 0 amide bonds. The largest absolute Gasteiger partial charge is 0.493 e. The first kappa shape index (κ1) is 13.1. The number of nitrogens with one attached hydrogen (secondary N) is 2. The van der Waals surface area contributed by atoms with Gasteiger partial charge in [-0.05, 0) is 32.0 Å². The van der Waals surface area contributed by atoms with Gasteiger partial charge in [0.25, 0.3) is 0 Å². The van der Waals surface area contributed by atoms with Crippen LogP contribution in [0.15, 0.2) is 12.1 Å². The highest BCUT2D eigenvalue weighted by Crippen LogP contribution is 2.40. The summed E-state index contributed by atoms with van der Waals surface area (Å²) in [4.78, 5) is 7.45. The molecular weight excluding hydrogens is 296 g/mol. The van der Waals surface area contributed by atoms with Crippen molar-refractivity contribution in [3.8, 4) is 5.75 Å². The zero-order valence-corrected chi connectivity index (χ0v) is 13.4. The Morgan fingerprint density at radius 2 is 2.36 bits per heavy atom. The molecule has 0 bridgehead atoms. The van der Waals surface area contributed by atoms with E-state index in [9.17, 15) is 0 Å². The summed E-state index contributed by atoms with van der Waals surface area (Å²) in [6.07, 6.45) is 3.46. The van der Waals surface area contributed by atoms with E-state index in [-0.39, 0.29) is 0 Å². The number of anilines is 1. The molecule has 116 valence electrons. The number of hydrogen-bond acceptors (Lipinski definition) is 6. The quantitative estimate of drug-likeness (QED) is 0.883. The molecule has 3 heterocycles. The summed E-state index contributed by atoms with van der Waals surface area (Å²) in [6, 6.07) is 5.96. The van der Waals surface area contributed by atoms with Gasteiger partial charge in [-0.1, -0.05) is 11.3 Å². The van der Waals surface area contributed by atoms with E-state index < -0.39 is 0 Å². The van der Waals surface area contributed by atoms with Gasteiger partial charge in [-0.25, -0.2) is 4.98 Å². The number of hydrogen-bond donors (Lipinski definition) is 2. The Morgan fingerprint density at radius 3 is 3.27 bits per heavy atom. The van der Waals surface area contributed by atoms with E-state index in [1.165, 1.54) is 23.1 Å². The zero-order chi connectivity index (χ0) is 14.7. The number of rotatable bonds is 2. The van der Waals surface area contributed by atoms with E-state index in [2.05, 4.69) is 34.7 Å². The molecule has 2 N–H and O–H groups in total. The van der Waals surface area contributed by atoms with Crippen molar-refractivity contribution in [2.45, 2.75) is 37.4 Å². The van der Waals surface area contributed by atoms with Crippen LogP contribution in [-0.4, -0.2) is 43.4 Å². The number of thiazole rings is 1. The van der Waals surface area contributed by atoms with Crippen LogP contribution in [0.5, 0.6) is 5.75 Å². The molecule has 1 aliphatic carbocycles. The topological polar surface area (TPSA) is 49.4 Å². The fourth-order valence-electron chi connectivity index (χ4n) is 4.24. The summed E-state index contributed by atoms with van der Waals surface area (Å²) < 4.78 is 6.95. The summed E-state index contributed by atoms with van der Waals surface area (Å²) >= 11 is 1.82. The summed E-state index contributed by atoms with van der Waals surface area (Å²) in [5, 5.41) is 8.27. The van der Waals surface area contributed by atoms with Crippen molar-refractivity contribution in [1.82, 2.24) is 15.6 Å². The molecule has 22 heavy (non-hydrogen) atoms. The third-order valence-corrected chi connectivity index (χ3v) is 6.41. The van der Waals surface area contributed by atoms with Crippen molar-refractivity contribution >= 4 is 26.7 Å². The maximum atomic E-state index is 5.67. The van der Waals surface area contributed by atoms with Crippen LogP contribution < -0.4 is 20.3 Å². The van der Waals surface area contributed by atoms with Crippen LogP contribution in [0.25, 0.3) is 10.2 Å². The number of nitrogens with zero attached hydrogens (tertiary/aromatic N) is 2. The summed E-state index contributed by atoms with van der Waals surface area (Å²) in [5.74, 6) is 1.03. The van der Waals surface area contributed by atoms with Crippen LogP contribution in [-0.2, 0) is 6.42 Å². The second-order valence-corrected chi connectivity index (χ2v) is 7.39. The molecular formula is C16H20N4OS. The molecule has 6 heteroatoms. The second-order valence-electron chi connectivity index (χ2n) is 6.38. The van der Waals surface area contributed by atoms with E-state index in [1.807, 2.05) is 11.3 Å². The van der Waals surface area contributed by atoms with Gasteiger partial charge in [-0.2, -0.15) is 0 Å². The number of fused-ring (bicyclic) bond motifs is 4. The highest BCUT2D eigenvalue weighted by atomic mass is 32.1. The van der Waals surface area contributed by atoms with E-state index in [0.29, 0.717) is 18.1 Å². The molecule has 2 aromatic rings. The number of ether oxygens (including phenoxy) is 1. The molecule has 1 aromatic carbocycles. The maximum absolute atomic E-state index is 5.67. The van der Waals surface area contributed by atoms with E-state index in [1.54, 1.807) is 0 Å². The Bertz CT molecular complexity index is 730. The third kappa shape index (κ3) is 1.74. The Hall–Kier alpha value is -1.37. The van der Waals surface area contributed by atoms with Gasteiger partial charge in [0, 0.05) is 30.1 Å². The maximum Gasteiger partial charge on any atom is 0.187 e. The smallest absolute Gasteiger partial charge is 0.187 e. The molecule has 2 aliphatic heterocycles. The molecule has 1 saturated heterocycles. The third-order valence-electron chi connectivity index (χ3n) is 5.36. The highest BCUT2D eigenvalue weighted by molar-refractivity contribution is 7.22. The lowest BCUT2D eigenvalue weighted by molar-refractivity contribution is 0.357. The molecule has 1 saturated carbocycles. The lowest BCUT2D eigenvalue weighted by atomic mass is 10.1. The lowest BCUT2D eigenvalue weighted by Crippen LogP contribution is -2.43. The lowest BCUT2D eigenvalue weighted by Gasteiger charge is -2.22. The molecule has 5 rings (SSSR count). The van der Waals surface area contributed by atoms with Crippen molar-refractivity contribution in [2.24, 2.45) is 0 Å². The van der Waals surface area contributed by atoms with E-state index in [4.69, 9.17) is 9.72 Å². The molecule has 2 fully saturated rings. The van der Waals surface area contributed by atoms with Crippen LogP contribution in [0.4, 0.5) is 5.13 Å². The van der Waals surface area contributed by atoms with Crippen LogP contribution >= 0.6 is 11.3 Å². The molecule has 0 unspecified atom stereocenters. The SMILES string of the molecule is CN[C@H]1CC[C@H]2[C@@H]1NCN2c1nc2c3c(ccc2s1)OCC3. The predicted molar refractivity (Wildman–Crippen MR) is 89.0 cm³/mol. The van der Waals surface area contributed by atoms with Gasteiger partial charge in [-0.15, -0.1) is 0 Å². The standard InChI is InChI=1S/C16H20N4OS/c1-17-10-2-3-11-15(10)18-8-20(11)16-19-14-9-6-7-21-12(9)4-5-13(14)22-16/h4-5,10-11,15,17-18H,2-3,6-8H2,1H3/t10-,11-,15+/m0/s1. The number of benzene rings is 1. The predicted octanol–water partition coefficient (Wildman–Crippen LogP) is 1.72. The minimum absolute atomic E-state index is 0.547. The van der Waals surface area contributed by atoms with Crippen molar-refractivity contribution in [1.29, 1.82) is 0 Å². The van der Waals surface area contributed by atoms with Gasteiger partial charge in [0.1, 0.15) is 5.75 Å². The van der Waals surface area contributed by atoms with Crippen LogP contribution in [0.2, 0.25) is 0 Å². The van der Waals surface area contributed by atoms with E-state index >= 15 is 0 Å². The van der Waals surface area contributed by atoms with Gasteiger partial charge in [0.05, 0.1) is 23.5 Å². The summed E-state index contributed by atoms with van der Waals surface area (Å²) in [6.45, 7) is 1.70. The number of aromatic nitrogens is 1. The van der Waals surface area contributed by atoms with Gasteiger partial charge >= 0.3 is 0 Å². The van der Waals surface area contributed by atoms with Crippen LogP contribution in [0.3, 0.4) is 0 Å². The number of likely N-dealkylation sites (N-methyl/N-ethyl adjacent to an activating group) is 1. The van der Waals surface area contributed by atoms with Gasteiger partial charge in [0.15, 0.2) is 5.13 Å². The van der Waals surface area contributed by atoms with Crippen molar-refractivity contribution in [3.63, 3.8) is 0 Å². The first-order chi connectivity index (χ1) is 10.8. The highest BCUT2D eigenvalue weighted by Gasteiger charge is 2.44. The Morgan fingerprint density at radius 1 is 1.41 bits per heavy atom. The van der Waals surface area contributed by atoms with Crippen molar-refractivity contribution in [3.05, 3.63) is 17.7 Å². The fourth-order valence-corrected chi connectivity index (χ4v) is 5.29. The average Bonchev–Trinajstić information content (AvgIpc) is 3.27. The first-order valence-electron chi connectivity index (χ1n) is 8.07.